The average Bonchev–Trinajstić information content (AvgIpc) is 3.30. The number of piperidine rings is 1. The molecule has 1 atom stereocenters. The molecule has 2 heterocycles. The Balaban J connectivity index is 1.37. The Bertz CT molecular complexity index is 871. The second-order valence-electron chi connectivity index (χ2n) is 8.26. The van der Waals surface area contributed by atoms with E-state index in [1.54, 1.807) is 37.4 Å². The summed E-state index contributed by atoms with van der Waals surface area (Å²) in [5.41, 5.74) is 1.40. The molecule has 2 fully saturated rings. The molecular formula is C23H29N3O4. The van der Waals surface area contributed by atoms with Crippen molar-refractivity contribution in [1.29, 1.82) is 0 Å². The van der Waals surface area contributed by atoms with Crippen LogP contribution in [0.5, 0.6) is 5.75 Å². The molecule has 7 nitrogen and oxygen atoms in total. The third-order valence-corrected chi connectivity index (χ3v) is 6.21. The highest BCUT2D eigenvalue weighted by atomic mass is 16.5. The van der Waals surface area contributed by atoms with E-state index in [0.29, 0.717) is 18.1 Å². The molecule has 0 radical (unpaired) electrons. The van der Waals surface area contributed by atoms with Crippen LogP contribution in [0.2, 0.25) is 0 Å². The molecule has 30 heavy (non-hydrogen) atoms. The molecule has 7 heteroatoms. The topological polar surface area (TPSA) is 84.7 Å². The summed E-state index contributed by atoms with van der Waals surface area (Å²) < 4.78 is 10.4. The maximum absolute atomic E-state index is 12.9. The highest BCUT2D eigenvalue weighted by Gasteiger charge is 2.31. The lowest BCUT2D eigenvalue weighted by atomic mass is 9.87. The lowest BCUT2D eigenvalue weighted by Gasteiger charge is -2.35. The maximum Gasteiger partial charge on any atom is 0.294 e. The van der Waals surface area contributed by atoms with E-state index >= 15 is 0 Å². The van der Waals surface area contributed by atoms with Crippen LogP contribution in [0.25, 0.3) is 0 Å². The minimum absolute atomic E-state index is 0.109. The van der Waals surface area contributed by atoms with E-state index < -0.39 is 0 Å². The lowest BCUT2D eigenvalue weighted by Crippen LogP contribution is -2.42. The van der Waals surface area contributed by atoms with Crippen LogP contribution in [0, 0.1) is 5.92 Å². The Morgan fingerprint density at radius 3 is 2.60 bits per heavy atom. The number of carbonyl (C=O) groups is 2. The predicted molar refractivity (Wildman–Crippen MR) is 113 cm³/mol. The third kappa shape index (κ3) is 4.66. The highest BCUT2D eigenvalue weighted by Crippen LogP contribution is 2.31. The van der Waals surface area contributed by atoms with Crippen molar-refractivity contribution in [3.8, 4) is 5.75 Å². The van der Waals surface area contributed by atoms with Crippen molar-refractivity contribution in [3.63, 3.8) is 0 Å². The van der Waals surface area contributed by atoms with E-state index in [9.17, 15) is 9.59 Å². The number of aromatic nitrogens is 1. The van der Waals surface area contributed by atoms with Gasteiger partial charge in [-0.2, -0.15) is 0 Å². The molecule has 1 N–H and O–H groups in total. The number of hydrogen-bond acceptors (Lipinski definition) is 5. The molecule has 1 aliphatic carbocycles. The van der Waals surface area contributed by atoms with Gasteiger partial charge < -0.3 is 19.5 Å². The molecule has 1 aliphatic heterocycles. The monoisotopic (exact) mass is 411 g/mol. The molecule has 1 saturated heterocycles. The SMILES string of the molecule is COc1ccc(NC(=O)c2cc([C@@H]3CCCN(C(=O)C4CCCCC4)C3)no2)cc1. The fourth-order valence-corrected chi connectivity index (χ4v) is 4.48. The van der Waals surface area contributed by atoms with Crippen LogP contribution in [-0.2, 0) is 4.79 Å². The number of hydrogen-bond donors (Lipinski definition) is 1. The van der Waals surface area contributed by atoms with Gasteiger partial charge in [0.15, 0.2) is 0 Å². The van der Waals surface area contributed by atoms with E-state index in [0.717, 1.165) is 56.5 Å². The summed E-state index contributed by atoms with van der Waals surface area (Å²) in [6.45, 7) is 1.47. The van der Waals surface area contributed by atoms with E-state index in [4.69, 9.17) is 9.26 Å². The van der Waals surface area contributed by atoms with Crippen molar-refractivity contribution >= 4 is 17.5 Å². The van der Waals surface area contributed by atoms with Crippen LogP contribution in [0.3, 0.4) is 0 Å². The first-order valence-corrected chi connectivity index (χ1v) is 10.8. The lowest BCUT2D eigenvalue weighted by molar-refractivity contribution is -0.137. The summed E-state index contributed by atoms with van der Waals surface area (Å²) in [6, 6.07) is 8.80. The van der Waals surface area contributed by atoms with Crippen LogP contribution >= 0.6 is 0 Å². The van der Waals surface area contributed by atoms with E-state index in [2.05, 4.69) is 10.5 Å². The summed E-state index contributed by atoms with van der Waals surface area (Å²) in [4.78, 5) is 27.4. The summed E-state index contributed by atoms with van der Waals surface area (Å²) in [5.74, 6) is 1.14. The van der Waals surface area contributed by atoms with Crippen LogP contribution in [0.4, 0.5) is 5.69 Å². The van der Waals surface area contributed by atoms with Gasteiger partial charge in [0, 0.05) is 36.7 Å². The Hall–Kier alpha value is -2.83. The largest absolute Gasteiger partial charge is 0.497 e. The molecule has 1 saturated carbocycles. The van der Waals surface area contributed by atoms with Crippen molar-refractivity contribution in [1.82, 2.24) is 10.1 Å². The molecule has 2 aliphatic rings. The van der Waals surface area contributed by atoms with Crippen LogP contribution in [0.1, 0.15) is 67.1 Å². The van der Waals surface area contributed by atoms with Crippen molar-refractivity contribution < 1.29 is 18.8 Å². The zero-order valence-corrected chi connectivity index (χ0v) is 17.4. The van der Waals surface area contributed by atoms with Crippen LogP contribution in [-0.4, -0.2) is 42.1 Å². The molecule has 4 rings (SSSR count). The number of methoxy groups -OCH3 is 1. The van der Waals surface area contributed by atoms with Gasteiger partial charge in [-0.05, 0) is 49.9 Å². The Labute approximate surface area is 176 Å². The first kappa shape index (κ1) is 20.4. The zero-order chi connectivity index (χ0) is 20.9. The minimum atomic E-state index is -0.343. The smallest absolute Gasteiger partial charge is 0.294 e. The zero-order valence-electron chi connectivity index (χ0n) is 17.4. The molecule has 0 bridgehead atoms. The quantitative estimate of drug-likeness (QED) is 0.796. The van der Waals surface area contributed by atoms with Gasteiger partial charge in [-0.3, -0.25) is 9.59 Å². The van der Waals surface area contributed by atoms with Crippen molar-refractivity contribution in [3.05, 3.63) is 41.8 Å². The second kappa shape index (κ2) is 9.32. The molecule has 0 spiro atoms. The number of nitrogens with zero attached hydrogens (tertiary/aromatic N) is 2. The fourth-order valence-electron chi connectivity index (χ4n) is 4.48. The summed E-state index contributed by atoms with van der Waals surface area (Å²) in [6.07, 6.45) is 7.48. The Kier molecular flexibility index (Phi) is 6.35. The molecule has 2 aromatic rings. The standard InChI is InChI=1S/C23H29N3O4/c1-29-19-11-9-18(10-12-19)24-22(27)21-14-20(25-30-21)17-8-5-13-26(15-17)23(28)16-6-3-2-4-7-16/h9-12,14,16-17H,2-8,13,15H2,1H3,(H,24,27)/t17-/m1/s1. The van der Waals surface area contributed by atoms with Gasteiger partial charge in [-0.15, -0.1) is 0 Å². The van der Waals surface area contributed by atoms with Gasteiger partial charge in [-0.1, -0.05) is 24.4 Å². The number of likely N-dealkylation sites (tertiary alicyclic amines) is 1. The van der Waals surface area contributed by atoms with Crippen LogP contribution < -0.4 is 10.1 Å². The Morgan fingerprint density at radius 1 is 1.10 bits per heavy atom. The second-order valence-corrected chi connectivity index (χ2v) is 8.26. The van der Waals surface area contributed by atoms with E-state index in [-0.39, 0.29) is 23.5 Å². The summed E-state index contributed by atoms with van der Waals surface area (Å²) >= 11 is 0. The molecule has 2 amide bonds. The van der Waals surface area contributed by atoms with Crippen molar-refractivity contribution in [2.45, 2.75) is 50.9 Å². The number of rotatable bonds is 5. The van der Waals surface area contributed by atoms with Crippen molar-refractivity contribution in [2.75, 3.05) is 25.5 Å². The number of benzene rings is 1. The third-order valence-electron chi connectivity index (χ3n) is 6.21. The first-order valence-electron chi connectivity index (χ1n) is 10.8. The predicted octanol–water partition coefficient (Wildman–Crippen LogP) is 4.22. The molecule has 1 aromatic carbocycles. The minimum Gasteiger partial charge on any atom is -0.497 e. The van der Waals surface area contributed by atoms with Crippen LogP contribution in [0.15, 0.2) is 34.9 Å². The molecule has 1 aromatic heterocycles. The average molecular weight is 412 g/mol. The summed E-state index contributed by atoms with van der Waals surface area (Å²) in [7, 11) is 1.60. The van der Waals surface area contributed by atoms with Gasteiger partial charge in [0.2, 0.25) is 11.7 Å². The van der Waals surface area contributed by atoms with Gasteiger partial charge in [0.05, 0.1) is 12.8 Å². The fraction of sp³-hybridized carbons (Fsp3) is 0.522. The highest BCUT2D eigenvalue weighted by molar-refractivity contribution is 6.02. The van der Waals surface area contributed by atoms with Crippen molar-refractivity contribution in [2.24, 2.45) is 5.92 Å². The number of anilines is 1. The first-order chi connectivity index (χ1) is 14.6. The van der Waals surface area contributed by atoms with Gasteiger partial charge >= 0.3 is 0 Å². The van der Waals surface area contributed by atoms with Gasteiger partial charge in [0.25, 0.3) is 5.91 Å². The number of amides is 2. The molecule has 160 valence electrons. The van der Waals surface area contributed by atoms with Gasteiger partial charge in [-0.25, -0.2) is 0 Å². The molecular weight excluding hydrogens is 382 g/mol. The normalized spacial score (nSPS) is 20.0. The van der Waals surface area contributed by atoms with E-state index in [1.807, 2.05) is 4.90 Å². The van der Waals surface area contributed by atoms with Gasteiger partial charge in [0.1, 0.15) is 5.75 Å². The van der Waals surface area contributed by atoms with E-state index in [1.165, 1.54) is 6.42 Å². The molecule has 0 unspecified atom stereocenters. The number of carbonyl (C=O) groups excluding carboxylic acids is 2. The number of ether oxygens (including phenoxy) is 1. The summed E-state index contributed by atoms with van der Waals surface area (Å²) in [5, 5.41) is 6.95. The maximum atomic E-state index is 12.9. The Morgan fingerprint density at radius 2 is 1.87 bits per heavy atom. The number of nitrogens with one attached hydrogen (secondary N) is 1.